The van der Waals surface area contributed by atoms with Crippen LogP contribution in [0.15, 0.2) is 16.5 Å². The standard InChI is InChI=1S/C11H14F2N2O5/c12-9(13)6-15(3-4-16)11(19)14-5-7-1-2-8(20-7)10(17)18/h1-2,9,16H,3-6H2,(H,14,19)(H,17,18). The van der Waals surface area contributed by atoms with Crippen molar-refractivity contribution in [3.05, 3.63) is 23.7 Å². The van der Waals surface area contributed by atoms with Crippen molar-refractivity contribution in [2.45, 2.75) is 13.0 Å². The molecule has 0 unspecified atom stereocenters. The number of rotatable bonds is 7. The Morgan fingerprint density at radius 3 is 2.60 bits per heavy atom. The van der Waals surface area contributed by atoms with E-state index in [0.717, 1.165) is 4.90 Å². The van der Waals surface area contributed by atoms with E-state index in [-0.39, 0.29) is 24.6 Å². The minimum absolute atomic E-state index is 0.142. The minimum Gasteiger partial charge on any atom is -0.475 e. The Labute approximate surface area is 112 Å². The zero-order valence-corrected chi connectivity index (χ0v) is 10.4. The third-order valence-corrected chi connectivity index (χ3v) is 2.30. The summed E-state index contributed by atoms with van der Waals surface area (Å²) in [5.41, 5.74) is 0. The van der Waals surface area contributed by atoms with Crippen LogP contribution in [-0.2, 0) is 6.54 Å². The van der Waals surface area contributed by atoms with Gasteiger partial charge in [0.15, 0.2) is 0 Å². The lowest BCUT2D eigenvalue weighted by molar-refractivity contribution is 0.0659. The molecule has 0 aliphatic heterocycles. The molecule has 1 aromatic rings. The second-order valence-corrected chi connectivity index (χ2v) is 3.79. The molecule has 0 radical (unpaired) electrons. The van der Waals surface area contributed by atoms with Crippen molar-refractivity contribution in [3.63, 3.8) is 0 Å². The second-order valence-electron chi connectivity index (χ2n) is 3.79. The molecule has 7 nitrogen and oxygen atoms in total. The van der Waals surface area contributed by atoms with E-state index in [1.54, 1.807) is 0 Å². The highest BCUT2D eigenvalue weighted by Crippen LogP contribution is 2.07. The summed E-state index contributed by atoms with van der Waals surface area (Å²) in [6.07, 6.45) is -2.71. The average Bonchev–Trinajstić information content (AvgIpc) is 2.84. The molecule has 1 rings (SSSR count). The number of alkyl halides is 2. The van der Waals surface area contributed by atoms with Crippen molar-refractivity contribution in [3.8, 4) is 0 Å². The predicted molar refractivity (Wildman–Crippen MR) is 62.6 cm³/mol. The summed E-state index contributed by atoms with van der Waals surface area (Å²) in [5.74, 6) is -1.35. The summed E-state index contributed by atoms with van der Waals surface area (Å²) >= 11 is 0. The molecule has 0 fully saturated rings. The quantitative estimate of drug-likeness (QED) is 0.688. The molecule has 0 saturated heterocycles. The van der Waals surface area contributed by atoms with Gasteiger partial charge in [-0.1, -0.05) is 0 Å². The number of aliphatic hydroxyl groups excluding tert-OH is 1. The normalized spacial score (nSPS) is 10.6. The van der Waals surface area contributed by atoms with Gasteiger partial charge in [0.05, 0.1) is 19.7 Å². The molecular formula is C11H14F2N2O5. The molecule has 0 saturated carbocycles. The zero-order chi connectivity index (χ0) is 15.1. The van der Waals surface area contributed by atoms with Crippen molar-refractivity contribution in [1.82, 2.24) is 10.2 Å². The van der Waals surface area contributed by atoms with Crippen molar-refractivity contribution in [2.24, 2.45) is 0 Å². The van der Waals surface area contributed by atoms with Gasteiger partial charge in [-0.25, -0.2) is 18.4 Å². The third kappa shape index (κ3) is 4.84. The van der Waals surface area contributed by atoms with E-state index >= 15 is 0 Å². The van der Waals surface area contributed by atoms with Gasteiger partial charge in [-0.05, 0) is 12.1 Å². The number of aromatic carboxylic acids is 1. The number of carboxylic acids is 1. The van der Waals surface area contributed by atoms with E-state index in [0.29, 0.717) is 0 Å². The molecule has 0 aliphatic carbocycles. The highest BCUT2D eigenvalue weighted by Gasteiger charge is 2.18. The first-order valence-electron chi connectivity index (χ1n) is 5.67. The summed E-state index contributed by atoms with van der Waals surface area (Å²) in [6.45, 7) is -1.61. The van der Waals surface area contributed by atoms with Crippen molar-refractivity contribution in [2.75, 3.05) is 19.7 Å². The molecule has 20 heavy (non-hydrogen) atoms. The molecular weight excluding hydrogens is 278 g/mol. The number of amides is 2. The predicted octanol–water partition coefficient (Wildman–Crippen LogP) is 0.747. The molecule has 0 aliphatic rings. The van der Waals surface area contributed by atoms with Crippen LogP contribution in [0.1, 0.15) is 16.3 Å². The van der Waals surface area contributed by atoms with Gasteiger partial charge < -0.3 is 24.8 Å². The van der Waals surface area contributed by atoms with Crippen molar-refractivity contribution < 1.29 is 33.0 Å². The second kappa shape index (κ2) is 7.43. The molecule has 0 aromatic carbocycles. The number of carboxylic acid groups (broad SMARTS) is 1. The topological polar surface area (TPSA) is 103 Å². The van der Waals surface area contributed by atoms with Crippen LogP contribution in [0.2, 0.25) is 0 Å². The number of halogens is 2. The van der Waals surface area contributed by atoms with E-state index in [1.165, 1.54) is 12.1 Å². The van der Waals surface area contributed by atoms with Crippen LogP contribution in [-0.4, -0.2) is 53.2 Å². The minimum atomic E-state index is -2.71. The maximum absolute atomic E-state index is 12.2. The van der Waals surface area contributed by atoms with Crippen molar-refractivity contribution in [1.29, 1.82) is 0 Å². The molecule has 3 N–H and O–H groups in total. The fourth-order valence-corrected chi connectivity index (χ4v) is 1.43. The molecule has 0 spiro atoms. The maximum atomic E-state index is 12.2. The highest BCUT2D eigenvalue weighted by molar-refractivity contribution is 5.84. The highest BCUT2D eigenvalue weighted by atomic mass is 19.3. The zero-order valence-electron chi connectivity index (χ0n) is 10.4. The summed E-state index contributed by atoms with van der Waals surface area (Å²) < 4.78 is 29.4. The lowest BCUT2D eigenvalue weighted by Crippen LogP contribution is -2.43. The number of nitrogens with one attached hydrogen (secondary N) is 1. The Balaban J connectivity index is 2.52. The number of carbonyl (C=O) groups is 2. The lowest BCUT2D eigenvalue weighted by Gasteiger charge is -2.21. The number of carbonyl (C=O) groups excluding carboxylic acids is 1. The van der Waals surface area contributed by atoms with Crippen LogP contribution < -0.4 is 5.32 Å². The fraction of sp³-hybridized carbons (Fsp3) is 0.455. The van der Waals surface area contributed by atoms with E-state index < -0.39 is 31.6 Å². The van der Waals surface area contributed by atoms with Gasteiger partial charge >= 0.3 is 12.0 Å². The first-order valence-corrected chi connectivity index (χ1v) is 5.67. The van der Waals surface area contributed by atoms with Gasteiger partial charge in [0.25, 0.3) is 6.43 Å². The fourth-order valence-electron chi connectivity index (χ4n) is 1.43. The summed E-state index contributed by atoms with van der Waals surface area (Å²) in [7, 11) is 0. The average molecular weight is 292 g/mol. The number of aliphatic hydroxyl groups is 1. The Morgan fingerprint density at radius 1 is 1.40 bits per heavy atom. The largest absolute Gasteiger partial charge is 0.475 e. The smallest absolute Gasteiger partial charge is 0.371 e. The maximum Gasteiger partial charge on any atom is 0.371 e. The number of furan rings is 1. The number of urea groups is 1. The van der Waals surface area contributed by atoms with Gasteiger partial charge in [-0.3, -0.25) is 0 Å². The van der Waals surface area contributed by atoms with E-state index in [1.807, 2.05) is 0 Å². The summed E-state index contributed by atoms with van der Waals surface area (Å²) in [6, 6.07) is 1.77. The Bertz CT molecular complexity index is 463. The van der Waals surface area contributed by atoms with Crippen LogP contribution >= 0.6 is 0 Å². The molecule has 112 valence electrons. The van der Waals surface area contributed by atoms with Crippen LogP contribution in [0.5, 0.6) is 0 Å². The van der Waals surface area contributed by atoms with Crippen molar-refractivity contribution >= 4 is 12.0 Å². The number of nitrogens with zero attached hydrogens (tertiary/aromatic N) is 1. The molecule has 0 atom stereocenters. The number of hydrogen-bond acceptors (Lipinski definition) is 4. The van der Waals surface area contributed by atoms with Gasteiger partial charge in [0.1, 0.15) is 5.76 Å². The monoisotopic (exact) mass is 292 g/mol. The first kappa shape index (κ1) is 15.9. The lowest BCUT2D eigenvalue weighted by atomic mass is 10.4. The van der Waals surface area contributed by atoms with Gasteiger partial charge in [-0.2, -0.15) is 0 Å². The van der Waals surface area contributed by atoms with Gasteiger partial charge in [0.2, 0.25) is 5.76 Å². The van der Waals surface area contributed by atoms with E-state index in [9.17, 15) is 18.4 Å². The molecule has 1 aromatic heterocycles. The molecule has 2 amide bonds. The Kier molecular flexibility index (Phi) is 5.91. The summed E-state index contributed by atoms with van der Waals surface area (Å²) in [5, 5.41) is 19.6. The molecule has 1 heterocycles. The van der Waals surface area contributed by atoms with Gasteiger partial charge in [0, 0.05) is 6.54 Å². The van der Waals surface area contributed by atoms with Crippen LogP contribution in [0.3, 0.4) is 0 Å². The Morgan fingerprint density at radius 2 is 2.10 bits per heavy atom. The van der Waals surface area contributed by atoms with E-state index in [4.69, 9.17) is 14.6 Å². The van der Waals surface area contributed by atoms with Crippen LogP contribution in [0, 0.1) is 0 Å². The summed E-state index contributed by atoms with van der Waals surface area (Å²) in [4.78, 5) is 22.9. The van der Waals surface area contributed by atoms with Crippen LogP contribution in [0.25, 0.3) is 0 Å². The Hall–Kier alpha value is -2.16. The SMILES string of the molecule is O=C(O)c1ccc(CNC(=O)N(CCO)CC(F)F)o1. The van der Waals surface area contributed by atoms with E-state index in [2.05, 4.69) is 5.32 Å². The van der Waals surface area contributed by atoms with Crippen LogP contribution in [0.4, 0.5) is 13.6 Å². The molecule has 0 bridgehead atoms. The number of hydrogen-bond donors (Lipinski definition) is 3. The van der Waals surface area contributed by atoms with Gasteiger partial charge in [-0.15, -0.1) is 0 Å². The molecule has 9 heteroatoms. The first-order chi connectivity index (χ1) is 9.43. The third-order valence-electron chi connectivity index (χ3n) is 2.30.